The molecule has 0 aromatic heterocycles. The van der Waals surface area contributed by atoms with E-state index in [9.17, 15) is 8.78 Å². The van der Waals surface area contributed by atoms with E-state index in [1.165, 1.54) is 12.1 Å². The van der Waals surface area contributed by atoms with Crippen molar-refractivity contribution in [3.05, 3.63) is 33.8 Å². The molecule has 1 unspecified atom stereocenters. The number of hydrogen-bond acceptors (Lipinski definition) is 1. The zero-order valence-corrected chi connectivity index (χ0v) is 8.27. The van der Waals surface area contributed by atoms with Gasteiger partial charge in [0.25, 0.3) is 0 Å². The van der Waals surface area contributed by atoms with Gasteiger partial charge in [0.1, 0.15) is 11.6 Å². The lowest BCUT2D eigenvalue weighted by atomic mass is 10.1. The van der Waals surface area contributed by atoms with Gasteiger partial charge in [0.05, 0.1) is 17.2 Å². The lowest BCUT2D eigenvalue weighted by Crippen LogP contribution is -2.01. The SMILES string of the molecule is Fc1ccc(Br)c(F)c1CC1CO1. The van der Waals surface area contributed by atoms with E-state index in [2.05, 4.69) is 15.9 Å². The predicted octanol–water partition coefficient (Wildman–Crippen LogP) is 2.67. The molecule has 0 aliphatic carbocycles. The van der Waals surface area contributed by atoms with Gasteiger partial charge in [0.15, 0.2) is 0 Å². The highest BCUT2D eigenvalue weighted by Crippen LogP contribution is 2.25. The third-order valence-electron chi connectivity index (χ3n) is 1.97. The molecule has 1 heterocycles. The molecule has 1 saturated heterocycles. The minimum Gasteiger partial charge on any atom is -0.373 e. The number of hydrogen-bond donors (Lipinski definition) is 0. The molecule has 70 valence electrons. The smallest absolute Gasteiger partial charge is 0.143 e. The maximum atomic E-state index is 13.3. The molecule has 1 aliphatic heterocycles. The zero-order chi connectivity index (χ0) is 9.42. The summed E-state index contributed by atoms with van der Waals surface area (Å²) >= 11 is 3.01. The summed E-state index contributed by atoms with van der Waals surface area (Å²) in [5.74, 6) is -1.02. The molecule has 1 atom stereocenters. The van der Waals surface area contributed by atoms with Crippen LogP contribution in [0.5, 0.6) is 0 Å². The van der Waals surface area contributed by atoms with Crippen LogP contribution in [-0.2, 0) is 11.2 Å². The summed E-state index contributed by atoms with van der Waals surface area (Å²) in [6, 6.07) is 2.62. The number of epoxide rings is 1. The number of rotatable bonds is 2. The standard InChI is InChI=1S/C9H7BrF2O/c10-7-1-2-8(11)6(9(7)12)3-5-4-13-5/h1-2,5H,3-4H2. The molecule has 0 bridgehead atoms. The van der Waals surface area contributed by atoms with Crippen molar-refractivity contribution in [1.82, 2.24) is 0 Å². The van der Waals surface area contributed by atoms with Crippen LogP contribution in [0.4, 0.5) is 8.78 Å². The molecule has 0 amide bonds. The molecule has 1 aliphatic rings. The molecular weight excluding hydrogens is 242 g/mol. The van der Waals surface area contributed by atoms with Crippen LogP contribution in [0, 0.1) is 11.6 Å². The molecule has 1 aromatic rings. The van der Waals surface area contributed by atoms with E-state index in [1.807, 2.05) is 0 Å². The van der Waals surface area contributed by atoms with Crippen LogP contribution in [0.15, 0.2) is 16.6 Å². The fourth-order valence-electron chi connectivity index (χ4n) is 1.17. The quantitative estimate of drug-likeness (QED) is 0.579. The van der Waals surface area contributed by atoms with Crippen molar-refractivity contribution in [1.29, 1.82) is 0 Å². The van der Waals surface area contributed by atoms with Gasteiger partial charge in [-0.15, -0.1) is 0 Å². The summed E-state index contributed by atoms with van der Waals surface area (Å²) in [7, 11) is 0. The zero-order valence-electron chi connectivity index (χ0n) is 6.69. The molecular formula is C9H7BrF2O. The summed E-state index contributed by atoms with van der Waals surface area (Å²) in [5, 5.41) is 0. The molecule has 1 aromatic carbocycles. The van der Waals surface area contributed by atoms with E-state index in [0.29, 0.717) is 17.5 Å². The normalized spacial score (nSPS) is 20.4. The Labute approximate surface area is 82.8 Å². The molecule has 1 fully saturated rings. The molecule has 2 rings (SSSR count). The van der Waals surface area contributed by atoms with E-state index in [-0.39, 0.29) is 11.7 Å². The Balaban J connectivity index is 2.34. The van der Waals surface area contributed by atoms with Crippen molar-refractivity contribution in [3.8, 4) is 0 Å². The van der Waals surface area contributed by atoms with Crippen molar-refractivity contribution < 1.29 is 13.5 Å². The molecule has 1 nitrogen and oxygen atoms in total. The first-order valence-corrected chi connectivity index (χ1v) is 4.72. The second kappa shape index (κ2) is 3.35. The fourth-order valence-corrected chi connectivity index (χ4v) is 1.54. The Bertz CT molecular complexity index is 337. The highest BCUT2D eigenvalue weighted by Gasteiger charge is 2.26. The third-order valence-corrected chi connectivity index (χ3v) is 2.59. The van der Waals surface area contributed by atoms with Gasteiger partial charge >= 0.3 is 0 Å². The number of benzene rings is 1. The van der Waals surface area contributed by atoms with Crippen LogP contribution < -0.4 is 0 Å². The van der Waals surface area contributed by atoms with Gasteiger partial charge in [0, 0.05) is 12.0 Å². The monoisotopic (exact) mass is 248 g/mol. The summed E-state index contributed by atoms with van der Waals surface area (Å²) < 4.78 is 31.6. The molecule has 0 spiro atoms. The van der Waals surface area contributed by atoms with Crippen molar-refractivity contribution in [2.45, 2.75) is 12.5 Å². The van der Waals surface area contributed by atoms with Crippen LogP contribution in [0.1, 0.15) is 5.56 Å². The van der Waals surface area contributed by atoms with Gasteiger partial charge in [-0.05, 0) is 28.1 Å². The van der Waals surface area contributed by atoms with Crippen molar-refractivity contribution in [3.63, 3.8) is 0 Å². The topological polar surface area (TPSA) is 12.5 Å². The second-order valence-electron chi connectivity index (χ2n) is 2.98. The Morgan fingerprint density at radius 3 is 2.77 bits per heavy atom. The van der Waals surface area contributed by atoms with E-state index in [1.54, 1.807) is 0 Å². The van der Waals surface area contributed by atoms with E-state index in [4.69, 9.17) is 4.74 Å². The third kappa shape index (κ3) is 1.89. The largest absolute Gasteiger partial charge is 0.373 e. The molecule has 0 radical (unpaired) electrons. The van der Waals surface area contributed by atoms with Gasteiger partial charge in [-0.25, -0.2) is 8.78 Å². The van der Waals surface area contributed by atoms with Crippen molar-refractivity contribution in [2.75, 3.05) is 6.61 Å². The average molecular weight is 249 g/mol. The van der Waals surface area contributed by atoms with Crippen LogP contribution >= 0.6 is 15.9 Å². The summed E-state index contributed by atoms with van der Waals surface area (Å²) in [5.41, 5.74) is 0.108. The van der Waals surface area contributed by atoms with Crippen LogP contribution in [0.2, 0.25) is 0 Å². The maximum absolute atomic E-state index is 13.3. The van der Waals surface area contributed by atoms with Crippen molar-refractivity contribution >= 4 is 15.9 Å². The fraction of sp³-hybridized carbons (Fsp3) is 0.333. The first kappa shape index (κ1) is 9.09. The lowest BCUT2D eigenvalue weighted by Gasteiger charge is -2.03. The molecule has 0 saturated carbocycles. The van der Waals surface area contributed by atoms with E-state index in [0.717, 1.165) is 0 Å². The minimum absolute atomic E-state index is 0.00157. The number of ether oxygens (including phenoxy) is 1. The Hall–Kier alpha value is -0.480. The lowest BCUT2D eigenvalue weighted by molar-refractivity contribution is 0.400. The van der Waals surface area contributed by atoms with Gasteiger partial charge in [-0.1, -0.05) is 0 Å². The average Bonchev–Trinajstić information content (AvgIpc) is 2.89. The Morgan fingerprint density at radius 1 is 1.46 bits per heavy atom. The molecule has 4 heteroatoms. The van der Waals surface area contributed by atoms with Crippen LogP contribution in [0.3, 0.4) is 0 Å². The summed E-state index contributed by atoms with van der Waals surface area (Å²) in [6.45, 7) is 0.603. The Kier molecular flexibility index (Phi) is 2.34. The highest BCUT2D eigenvalue weighted by molar-refractivity contribution is 9.10. The van der Waals surface area contributed by atoms with Crippen molar-refractivity contribution in [2.24, 2.45) is 0 Å². The Morgan fingerprint density at radius 2 is 2.15 bits per heavy atom. The van der Waals surface area contributed by atoms with Gasteiger partial charge in [-0.2, -0.15) is 0 Å². The number of halogens is 3. The second-order valence-corrected chi connectivity index (χ2v) is 3.84. The van der Waals surface area contributed by atoms with Gasteiger partial charge < -0.3 is 4.74 Å². The van der Waals surface area contributed by atoms with Gasteiger partial charge in [0.2, 0.25) is 0 Å². The van der Waals surface area contributed by atoms with Crippen LogP contribution in [0.25, 0.3) is 0 Å². The summed E-state index contributed by atoms with van der Waals surface area (Å²) in [4.78, 5) is 0. The van der Waals surface area contributed by atoms with E-state index < -0.39 is 11.6 Å². The van der Waals surface area contributed by atoms with E-state index >= 15 is 0 Å². The maximum Gasteiger partial charge on any atom is 0.143 e. The van der Waals surface area contributed by atoms with Gasteiger partial charge in [-0.3, -0.25) is 0 Å². The predicted molar refractivity (Wildman–Crippen MR) is 47.5 cm³/mol. The first-order chi connectivity index (χ1) is 6.18. The summed E-state index contributed by atoms with van der Waals surface area (Å²) in [6.07, 6.45) is 0.315. The highest BCUT2D eigenvalue weighted by atomic mass is 79.9. The van der Waals surface area contributed by atoms with Crippen LogP contribution in [-0.4, -0.2) is 12.7 Å². The molecule has 13 heavy (non-hydrogen) atoms. The minimum atomic E-state index is -0.518. The first-order valence-electron chi connectivity index (χ1n) is 3.92. The molecule has 0 N–H and O–H groups in total.